The number of nitrogens with zero attached hydrogens (tertiary/aromatic N) is 3. The van der Waals surface area contributed by atoms with Crippen LogP contribution in [0.15, 0.2) is 36.7 Å². The summed E-state index contributed by atoms with van der Waals surface area (Å²) in [5.41, 5.74) is 1.60. The van der Waals surface area contributed by atoms with Crippen molar-refractivity contribution in [1.82, 2.24) is 14.5 Å². The van der Waals surface area contributed by atoms with E-state index in [4.69, 9.17) is 9.47 Å². The quantitative estimate of drug-likeness (QED) is 0.303. The number of nitrogens with one attached hydrogen (secondary N) is 1. The Balaban J connectivity index is 1.41. The second-order valence-electron chi connectivity index (χ2n) is 11.9. The number of rotatable bonds is 9. The van der Waals surface area contributed by atoms with Gasteiger partial charge in [-0.15, -0.1) is 0 Å². The average Bonchev–Trinajstić information content (AvgIpc) is 3.41. The van der Waals surface area contributed by atoms with Gasteiger partial charge in [-0.1, -0.05) is 32.0 Å². The standard InChI is InChI=1S/C31H42N4O5/c1-8-31(9-2,19-32-29(38)40-30(4,5)6)28(37)39-20-35-17-16-34(21(35)3)18-22-14-15-25-26(27(22)36)23-12-10-11-13-24(23)33(25)7/h10-13,16-17,22H,8-9,14-15,18-20H2,1-7H3/p+1. The summed E-state index contributed by atoms with van der Waals surface area (Å²) in [6, 6.07) is 8.09. The number of imidazole rings is 1. The zero-order chi connectivity index (χ0) is 29.2. The van der Waals surface area contributed by atoms with Crippen LogP contribution in [0.25, 0.3) is 10.9 Å². The molecule has 0 spiro atoms. The molecule has 9 heteroatoms. The third-order valence-electron chi connectivity index (χ3n) is 8.34. The molecule has 1 N–H and O–H groups in total. The number of hydrogen-bond acceptors (Lipinski definition) is 5. The van der Waals surface area contributed by atoms with Gasteiger partial charge in [-0.25, -0.2) is 9.36 Å². The lowest BCUT2D eigenvalue weighted by Gasteiger charge is -2.29. The normalized spacial score (nSPS) is 15.7. The van der Waals surface area contributed by atoms with E-state index in [2.05, 4.69) is 20.5 Å². The second-order valence-corrected chi connectivity index (χ2v) is 11.9. The molecule has 0 saturated carbocycles. The molecule has 0 aliphatic heterocycles. The third-order valence-corrected chi connectivity index (χ3v) is 8.34. The van der Waals surface area contributed by atoms with Gasteiger partial charge >= 0.3 is 12.1 Å². The predicted molar refractivity (Wildman–Crippen MR) is 152 cm³/mol. The van der Waals surface area contributed by atoms with E-state index in [1.54, 1.807) is 20.8 Å². The van der Waals surface area contributed by atoms with E-state index in [9.17, 15) is 14.4 Å². The summed E-state index contributed by atoms with van der Waals surface area (Å²) < 4.78 is 17.2. The number of Topliss-reactive ketones (excluding diaryl/α,β-unsaturated/α-hetero) is 1. The van der Waals surface area contributed by atoms with Crippen molar-refractivity contribution in [3.8, 4) is 0 Å². The number of carbonyl (C=O) groups is 3. The zero-order valence-electron chi connectivity index (χ0n) is 24.9. The monoisotopic (exact) mass is 551 g/mol. The van der Waals surface area contributed by atoms with E-state index in [-0.39, 0.29) is 30.9 Å². The number of amides is 1. The molecule has 3 aromatic rings. The number of alkyl carbamates (subject to hydrolysis) is 1. The Morgan fingerprint density at radius 3 is 2.52 bits per heavy atom. The van der Waals surface area contributed by atoms with Gasteiger partial charge in [0.15, 0.2) is 5.78 Å². The Morgan fingerprint density at radius 1 is 1.15 bits per heavy atom. The largest absolute Gasteiger partial charge is 0.444 e. The van der Waals surface area contributed by atoms with Gasteiger partial charge in [0.2, 0.25) is 6.73 Å². The summed E-state index contributed by atoms with van der Waals surface area (Å²) in [7, 11) is 2.04. The lowest BCUT2D eigenvalue weighted by Crippen LogP contribution is -2.47. The van der Waals surface area contributed by atoms with Crippen molar-refractivity contribution in [3.63, 3.8) is 0 Å². The summed E-state index contributed by atoms with van der Waals surface area (Å²) in [6.45, 7) is 11.9. The van der Waals surface area contributed by atoms with Crippen molar-refractivity contribution < 1.29 is 28.4 Å². The van der Waals surface area contributed by atoms with Crippen molar-refractivity contribution in [3.05, 3.63) is 53.7 Å². The minimum Gasteiger partial charge on any atom is -0.444 e. The summed E-state index contributed by atoms with van der Waals surface area (Å²) in [5, 5.41) is 3.76. The molecule has 40 heavy (non-hydrogen) atoms. The summed E-state index contributed by atoms with van der Waals surface area (Å²) in [5.74, 6) is 0.610. The van der Waals surface area contributed by atoms with E-state index in [0.29, 0.717) is 19.4 Å². The minimum atomic E-state index is -0.849. The van der Waals surface area contributed by atoms with Gasteiger partial charge in [0.05, 0.1) is 11.3 Å². The fraction of sp³-hybridized carbons (Fsp3) is 0.548. The molecule has 1 unspecified atom stereocenters. The fourth-order valence-electron chi connectivity index (χ4n) is 5.64. The van der Waals surface area contributed by atoms with Crippen LogP contribution in [0.5, 0.6) is 0 Å². The average molecular weight is 552 g/mol. The molecule has 0 saturated heterocycles. The zero-order valence-corrected chi connectivity index (χ0v) is 24.9. The topological polar surface area (TPSA) is 95.4 Å². The summed E-state index contributed by atoms with van der Waals surface area (Å²) in [6.07, 6.45) is 5.95. The molecular weight excluding hydrogens is 508 g/mol. The van der Waals surface area contributed by atoms with Crippen molar-refractivity contribution >= 4 is 28.7 Å². The first kappa shape index (κ1) is 29.4. The Morgan fingerprint density at radius 2 is 1.85 bits per heavy atom. The van der Waals surface area contributed by atoms with Gasteiger partial charge < -0.3 is 19.4 Å². The number of para-hydroxylation sites is 1. The van der Waals surface area contributed by atoms with Crippen LogP contribution >= 0.6 is 0 Å². The molecule has 1 amide bonds. The number of aryl methyl sites for hydroxylation is 1. The van der Waals surface area contributed by atoms with Crippen molar-refractivity contribution in [2.24, 2.45) is 18.4 Å². The smallest absolute Gasteiger partial charge is 0.407 e. The molecule has 2 aromatic heterocycles. The highest BCUT2D eigenvalue weighted by atomic mass is 16.6. The van der Waals surface area contributed by atoms with Crippen LogP contribution < -0.4 is 9.88 Å². The lowest BCUT2D eigenvalue weighted by molar-refractivity contribution is -0.732. The highest BCUT2D eigenvalue weighted by Crippen LogP contribution is 2.34. The highest BCUT2D eigenvalue weighted by molar-refractivity contribution is 6.11. The van der Waals surface area contributed by atoms with Crippen LogP contribution in [-0.4, -0.2) is 39.1 Å². The van der Waals surface area contributed by atoms with Crippen LogP contribution in [0.4, 0.5) is 4.79 Å². The maximum atomic E-state index is 13.6. The number of benzene rings is 1. The van der Waals surface area contributed by atoms with Gasteiger partial charge in [0.1, 0.15) is 24.5 Å². The molecule has 0 bridgehead atoms. The summed E-state index contributed by atoms with van der Waals surface area (Å²) in [4.78, 5) is 39.0. The van der Waals surface area contributed by atoms with Gasteiger partial charge in [0.25, 0.3) is 5.82 Å². The second kappa shape index (κ2) is 11.5. The van der Waals surface area contributed by atoms with Crippen molar-refractivity contribution in [2.75, 3.05) is 6.54 Å². The molecule has 9 nitrogen and oxygen atoms in total. The number of hydrogen-bond donors (Lipinski definition) is 1. The Hall–Kier alpha value is -3.62. The highest BCUT2D eigenvalue weighted by Gasteiger charge is 2.38. The lowest BCUT2D eigenvalue weighted by atomic mass is 9.82. The number of aromatic nitrogens is 3. The van der Waals surface area contributed by atoms with Crippen LogP contribution in [0.3, 0.4) is 0 Å². The molecule has 0 radical (unpaired) electrons. The van der Waals surface area contributed by atoms with E-state index < -0.39 is 17.1 Å². The molecule has 0 fully saturated rings. The number of ketones is 1. The van der Waals surface area contributed by atoms with Crippen LogP contribution in [0.2, 0.25) is 0 Å². The first-order chi connectivity index (χ1) is 18.9. The molecule has 1 aliphatic carbocycles. The van der Waals surface area contributed by atoms with Gasteiger partial charge in [0, 0.05) is 42.7 Å². The molecule has 1 aliphatic rings. The molecular formula is C31H43N4O5+. The number of fused-ring (bicyclic) bond motifs is 3. The number of carbonyl (C=O) groups excluding carboxylic acids is 3. The van der Waals surface area contributed by atoms with Crippen LogP contribution in [-0.2, 0) is 41.0 Å². The maximum Gasteiger partial charge on any atom is 0.407 e. The number of ether oxygens (including phenoxy) is 2. The molecule has 1 aromatic carbocycles. The third kappa shape index (κ3) is 5.78. The molecule has 2 heterocycles. The van der Waals surface area contributed by atoms with E-state index in [1.807, 2.05) is 63.0 Å². The van der Waals surface area contributed by atoms with E-state index >= 15 is 0 Å². The predicted octanol–water partition coefficient (Wildman–Crippen LogP) is 4.85. The molecule has 4 rings (SSSR count). The van der Waals surface area contributed by atoms with Gasteiger partial charge in [-0.2, -0.15) is 4.57 Å². The minimum absolute atomic E-state index is 0.0535. The van der Waals surface area contributed by atoms with Gasteiger partial charge in [-0.3, -0.25) is 9.59 Å². The van der Waals surface area contributed by atoms with Crippen molar-refractivity contribution in [1.29, 1.82) is 0 Å². The first-order valence-corrected chi connectivity index (χ1v) is 14.2. The van der Waals surface area contributed by atoms with Crippen molar-refractivity contribution in [2.45, 2.75) is 86.1 Å². The number of esters is 1. The molecule has 216 valence electrons. The van der Waals surface area contributed by atoms with E-state index in [1.165, 1.54) is 0 Å². The van der Waals surface area contributed by atoms with Crippen LogP contribution in [0, 0.1) is 18.3 Å². The van der Waals surface area contributed by atoms with Crippen LogP contribution in [0.1, 0.15) is 75.8 Å². The fourth-order valence-corrected chi connectivity index (χ4v) is 5.64. The Kier molecular flexibility index (Phi) is 8.42. The maximum absolute atomic E-state index is 13.6. The Bertz CT molecular complexity index is 1410. The van der Waals surface area contributed by atoms with E-state index in [0.717, 1.165) is 40.8 Å². The Labute approximate surface area is 236 Å². The summed E-state index contributed by atoms with van der Waals surface area (Å²) >= 11 is 0. The SMILES string of the molecule is CCC(CC)(CNC(=O)OC(C)(C)C)C(=O)OC[n+]1ccn(CC2CCc3c(c4ccccc4n3C)C2=O)c1C. The van der Waals surface area contributed by atoms with Gasteiger partial charge in [-0.05, 0) is 52.5 Å². The molecule has 1 atom stereocenters. The first-order valence-electron chi connectivity index (χ1n) is 14.2.